The number of imide groups is 1. The number of rotatable bonds is 11. The Morgan fingerprint density at radius 2 is 1.47 bits per heavy atom. The van der Waals surface area contributed by atoms with Crippen LogP contribution in [0.3, 0.4) is 0 Å². The van der Waals surface area contributed by atoms with E-state index in [2.05, 4.69) is 5.32 Å². The molecule has 0 saturated carbocycles. The lowest BCUT2D eigenvalue weighted by atomic mass is 9.84. The van der Waals surface area contributed by atoms with Gasteiger partial charge in [-0.1, -0.05) is 90.5 Å². The van der Waals surface area contributed by atoms with Crippen LogP contribution in [0, 0.1) is 0 Å². The number of amides is 2. The molecular formula is C36H38ClN3O6S. The van der Waals surface area contributed by atoms with Gasteiger partial charge in [0.15, 0.2) is 9.84 Å². The van der Waals surface area contributed by atoms with Gasteiger partial charge in [0, 0.05) is 24.0 Å². The number of nitrogens with zero attached hydrogens (tertiary/aromatic N) is 1. The third-order valence-corrected chi connectivity index (χ3v) is 10.3. The van der Waals surface area contributed by atoms with Crippen LogP contribution < -0.4 is 16.0 Å². The molecule has 0 aromatic heterocycles. The predicted molar refractivity (Wildman–Crippen MR) is 182 cm³/mol. The number of hydrogen-bond acceptors (Lipinski definition) is 8. The molecule has 4 aromatic carbocycles. The van der Waals surface area contributed by atoms with Crippen LogP contribution in [-0.2, 0) is 30.5 Å². The quantitative estimate of drug-likeness (QED) is 0.218. The maximum atomic E-state index is 14.2. The van der Waals surface area contributed by atoms with E-state index in [1.807, 2.05) is 72.8 Å². The number of hydrogen-bond donors (Lipinski definition) is 2. The Kier molecular flexibility index (Phi) is 11.4. The van der Waals surface area contributed by atoms with Crippen LogP contribution in [0.1, 0.15) is 29.0 Å². The molecule has 0 unspecified atom stereocenters. The van der Waals surface area contributed by atoms with Crippen LogP contribution in [0.4, 0.5) is 10.5 Å². The first-order chi connectivity index (χ1) is 22.7. The fraction of sp³-hybridized carbons (Fsp3) is 0.278. The zero-order valence-electron chi connectivity index (χ0n) is 26.0. The fourth-order valence-electron chi connectivity index (χ4n) is 5.90. The minimum atomic E-state index is -3.59. The number of morpholine rings is 1. The molecule has 1 aliphatic rings. The summed E-state index contributed by atoms with van der Waals surface area (Å²) < 4.78 is 37.3. The van der Waals surface area contributed by atoms with E-state index in [0.29, 0.717) is 42.2 Å². The maximum Gasteiger partial charge on any atom is 0.420 e. The fourth-order valence-corrected chi connectivity index (χ4v) is 7.45. The number of ether oxygens (including phenoxy) is 2. The van der Waals surface area contributed by atoms with Gasteiger partial charge in [-0.15, -0.1) is 0 Å². The summed E-state index contributed by atoms with van der Waals surface area (Å²) in [6.45, 7) is 0.923. The standard InChI is InChI=1S/C36H38ClN3O6S/c1-45-36(42)40(35(41)34(38)33(26-11-4-2-5-12-26)27-13-6-3-7-14-27)32-15-9-8-10-25(32)16-19-29-22-39-23-30(46-29)24-47(43,44)31-20-17-28(37)18-21-31/h2-15,17-18,20-21,29-30,33-34,39H,16,19,22-24,38H2,1H3/t29-,30-,34-/m0/s1. The molecule has 0 aliphatic carbocycles. The van der Waals surface area contributed by atoms with Crippen molar-refractivity contribution in [2.45, 2.75) is 41.9 Å². The molecule has 4 aromatic rings. The highest BCUT2D eigenvalue weighted by atomic mass is 35.5. The van der Waals surface area contributed by atoms with Gasteiger partial charge in [-0.25, -0.2) is 18.1 Å². The normalized spacial score (nSPS) is 17.2. The number of carbonyl (C=O) groups excluding carboxylic acids is 2. The lowest BCUT2D eigenvalue weighted by Crippen LogP contribution is -2.50. The molecule has 2 amide bonds. The number of methoxy groups -OCH3 is 1. The number of aryl methyl sites for hydroxylation is 1. The van der Waals surface area contributed by atoms with Gasteiger partial charge >= 0.3 is 6.09 Å². The van der Waals surface area contributed by atoms with Crippen LogP contribution in [0.25, 0.3) is 0 Å². The summed E-state index contributed by atoms with van der Waals surface area (Å²) in [7, 11) is -2.37. The van der Waals surface area contributed by atoms with Crippen molar-refractivity contribution >= 4 is 39.1 Å². The number of benzene rings is 4. The average Bonchev–Trinajstić information content (AvgIpc) is 3.09. The average molecular weight is 676 g/mol. The number of nitrogens with one attached hydrogen (secondary N) is 1. The molecule has 1 fully saturated rings. The SMILES string of the molecule is COC(=O)N(C(=O)[C@@H](N)C(c1ccccc1)c1ccccc1)c1ccccc1CC[C@H]1CNC[C@@H](CS(=O)(=O)c2ccc(Cl)cc2)O1. The summed E-state index contributed by atoms with van der Waals surface area (Å²) in [6.07, 6.45) is -0.750. The lowest BCUT2D eigenvalue weighted by molar-refractivity contribution is -0.119. The van der Waals surface area contributed by atoms with Crippen molar-refractivity contribution < 1.29 is 27.5 Å². The van der Waals surface area contributed by atoms with Crippen LogP contribution in [0.2, 0.25) is 5.02 Å². The Bertz CT molecular complexity index is 1720. The summed E-state index contributed by atoms with van der Waals surface area (Å²) in [5, 5.41) is 3.74. The lowest BCUT2D eigenvalue weighted by Gasteiger charge is -2.32. The first-order valence-electron chi connectivity index (χ1n) is 15.4. The van der Waals surface area contributed by atoms with Crippen LogP contribution in [0.15, 0.2) is 114 Å². The third-order valence-electron chi connectivity index (χ3n) is 8.21. The molecule has 9 nitrogen and oxygen atoms in total. The molecule has 47 heavy (non-hydrogen) atoms. The summed E-state index contributed by atoms with van der Waals surface area (Å²) in [6, 6.07) is 31.0. The second-order valence-corrected chi connectivity index (χ2v) is 13.9. The number of sulfone groups is 1. The zero-order valence-corrected chi connectivity index (χ0v) is 27.6. The van der Waals surface area contributed by atoms with E-state index in [1.54, 1.807) is 24.3 Å². The number of nitrogens with two attached hydrogens (primary N) is 1. The van der Waals surface area contributed by atoms with E-state index in [0.717, 1.165) is 16.0 Å². The van der Waals surface area contributed by atoms with Gasteiger partial charge in [0.2, 0.25) is 0 Å². The largest absolute Gasteiger partial charge is 0.452 e. The zero-order chi connectivity index (χ0) is 33.4. The first kappa shape index (κ1) is 34.3. The smallest absolute Gasteiger partial charge is 0.420 e. The van der Waals surface area contributed by atoms with E-state index in [1.165, 1.54) is 19.2 Å². The van der Waals surface area contributed by atoms with Gasteiger partial charge in [0.25, 0.3) is 5.91 Å². The number of anilines is 1. The molecule has 5 rings (SSSR count). The van der Waals surface area contributed by atoms with Crippen LogP contribution in [0.5, 0.6) is 0 Å². The molecule has 0 bridgehead atoms. The highest BCUT2D eigenvalue weighted by molar-refractivity contribution is 7.91. The van der Waals surface area contributed by atoms with E-state index >= 15 is 0 Å². The molecule has 0 radical (unpaired) electrons. The molecule has 1 aliphatic heterocycles. The van der Waals surface area contributed by atoms with Crippen LogP contribution in [-0.4, -0.2) is 64.6 Å². The molecule has 1 heterocycles. The van der Waals surface area contributed by atoms with Gasteiger partial charge in [-0.05, 0) is 59.9 Å². The van der Waals surface area contributed by atoms with Gasteiger partial charge in [0.05, 0.1) is 41.7 Å². The third kappa shape index (κ3) is 8.46. The topological polar surface area (TPSA) is 128 Å². The number of carbonyl (C=O) groups is 2. The van der Waals surface area contributed by atoms with Crippen LogP contribution >= 0.6 is 11.6 Å². The highest BCUT2D eigenvalue weighted by Gasteiger charge is 2.36. The van der Waals surface area contributed by atoms with Crippen molar-refractivity contribution in [3.05, 3.63) is 131 Å². The molecular weight excluding hydrogens is 638 g/mol. The summed E-state index contributed by atoms with van der Waals surface area (Å²) >= 11 is 5.93. The Morgan fingerprint density at radius 3 is 2.09 bits per heavy atom. The van der Waals surface area contributed by atoms with Crippen molar-refractivity contribution in [2.24, 2.45) is 5.73 Å². The van der Waals surface area contributed by atoms with Crippen molar-refractivity contribution in [1.82, 2.24) is 5.32 Å². The van der Waals surface area contributed by atoms with Crippen molar-refractivity contribution in [3.8, 4) is 0 Å². The molecule has 246 valence electrons. The van der Waals surface area contributed by atoms with E-state index in [4.69, 9.17) is 26.8 Å². The van der Waals surface area contributed by atoms with Crippen molar-refractivity contribution in [2.75, 3.05) is 30.9 Å². The minimum Gasteiger partial charge on any atom is -0.452 e. The van der Waals surface area contributed by atoms with Gasteiger partial charge in [-0.2, -0.15) is 0 Å². The summed E-state index contributed by atoms with van der Waals surface area (Å²) in [4.78, 5) is 28.7. The van der Waals surface area contributed by atoms with Crippen molar-refractivity contribution in [3.63, 3.8) is 0 Å². The first-order valence-corrected chi connectivity index (χ1v) is 17.4. The summed E-state index contributed by atoms with van der Waals surface area (Å²) in [5.41, 5.74) is 9.49. The Balaban J connectivity index is 1.34. The molecule has 3 atom stereocenters. The molecule has 0 spiro atoms. The van der Waals surface area contributed by atoms with Gasteiger partial charge in [-0.3, -0.25) is 4.79 Å². The number of para-hydroxylation sites is 1. The predicted octanol–water partition coefficient (Wildman–Crippen LogP) is 5.36. The van der Waals surface area contributed by atoms with Gasteiger partial charge < -0.3 is 20.5 Å². The minimum absolute atomic E-state index is 0.179. The Morgan fingerprint density at radius 1 is 0.894 bits per heavy atom. The highest BCUT2D eigenvalue weighted by Crippen LogP contribution is 2.31. The summed E-state index contributed by atoms with van der Waals surface area (Å²) in [5.74, 6) is -1.31. The van der Waals surface area contributed by atoms with E-state index in [-0.39, 0.29) is 16.8 Å². The Hall–Kier alpha value is -4.06. The van der Waals surface area contributed by atoms with E-state index < -0.39 is 39.9 Å². The maximum absolute atomic E-state index is 14.2. The monoisotopic (exact) mass is 675 g/mol. The second kappa shape index (κ2) is 15.7. The molecule has 11 heteroatoms. The number of halogens is 1. The van der Waals surface area contributed by atoms with Gasteiger partial charge in [0.1, 0.15) is 0 Å². The Labute approximate surface area is 280 Å². The second-order valence-electron chi connectivity index (χ2n) is 11.4. The van der Waals surface area contributed by atoms with E-state index in [9.17, 15) is 18.0 Å². The molecule has 3 N–H and O–H groups in total. The molecule has 1 saturated heterocycles. The van der Waals surface area contributed by atoms with Crippen molar-refractivity contribution in [1.29, 1.82) is 0 Å².